The lowest BCUT2D eigenvalue weighted by molar-refractivity contribution is -0.139. The fourth-order valence-electron chi connectivity index (χ4n) is 3.60. The Hall–Kier alpha value is -3.06. The SMILES string of the molecule is COc1cc(/C=C2\SC(=O)N(CC(=O)N3CCOCC3)C2=O)cc(Cl)c1OS(=O)(=O)c1ccc(C)cc1. The normalized spacial score (nSPS) is 17.4. The maximum absolute atomic E-state index is 12.9. The third-order valence-electron chi connectivity index (χ3n) is 5.58. The van der Waals surface area contributed by atoms with Crippen molar-refractivity contribution in [2.45, 2.75) is 11.8 Å². The molecule has 2 saturated heterocycles. The van der Waals surface area contributed by atoms with Crippen LogP contribution in [-0.4, -0.2) is 75.2 Å². The Balaban J connectivity index is 1.54. The van der Waals surface area contributed by atoms with E-state index in [0.717, 1.165) is 10.5 Å². The predicted molar refractivity (Wildman–Crippen MR) is 137 cm³/mol. The van der Waals surface area contributed by atoms with Gasteiger partial charge in [-0.1, -0.05) is 29.3 Å². The van der Waals surface area contributed by atoms with Crippen LogP contribution in [-0.2, 0) is 24.4 Å². The molecule has 0 aliphatic carbocycles. The van der Waals surface area contributed by atoms with E-state index in [1.807, 2.05) is 6.92 Å². The van der Waals surface area contributed by atoms with Crippen molar-refractivity contribution in [3.05, 3.63) is 57.5 Å². The van der Waals surface area contributed by atoms with Gasteiger partial charge in [0.2, 0.25) is 11.7 Å². The highest BCUT2D eigenvalue weighted by Gasteiger charge is 2.37. The molecule has 0 radical (unpaired) electrons. The molecule has 2 aromatic rings. The maximum Gasteiger partial charge on any atom is 0.339 e. The van der Waals surface area contributed by atoms with Crippen molar-refractivity contribution in [1.29, 1.82) is 0 Å². The van der Waals surface area contributed by atoms with Crippen LogP contribution >= 0.6 is 23.4 Å². The summed E-state index contributed by atoms with van der Waals surface area (Å²) >= 11 is 7.03. The first-order valence-corrected chi connectivity index (χ1v) is 13.7. The molecule has 0 atom stereocenters. The van der Waals surface area contributed by atoms with Crippen molar-refractivity contribution >= 4 is 56.6 Å². The Morgan fingerprint density at radius 3 is 2.49 bits per heavy atom. The van der Waals surface area contributed by atoms with Gasteiger partial charge in [0.1, 0.15) is 11.4 Å². The van der Waals surface area contributed by atoms with Crippen LogP contribution in [0, 0.1) is 6.92 Å². The molecule has 0 saturated carbocycles. The minimum absolute atomic E-state index is 0.0103. The van der Waals surface area contributed by atoms with Gasteiger partial charge in [-0.25, -0.2) is 0 Å². The van der Waals surface area contributed by atoms with E-state index in [2.05, 4.69) is 0 Å². The van der Waals surface area contributed by atoms with E-state index in [0.29, 0.717) is 43.6 Å². The van der Waals surface area contributed by atoms with Gasteiger partial charge in [-0.2, -0.15) is 8.42 Å². The second-order valence-corrected chi connectivity index (χ2v) is 11.1. The third kappa shape index (κ3) is 6.09. The molecule has 4 rings (SSSR count). The number of morpholine rings is 1. The minimum atomic E-state index is -4.20. The standard InChI is InChI=1S/C24H23ClN2O8S2/c1-15-3-5-17(6-4-15)37(31,32)35-22-18(25)11-16(12-19(22)33-2)13-20-23(29)27(24(30)36-20)14-21(28)26-7-9-34-10-8-26/h3-6,11-13H,7-10,14H2,1-2H3/b20-13-. The number of nitrogens with zero attached hydrogens (tertiary/aromatic N) is 2. The molecule has 196 valence electrons. The Labute approximate surface area is 223 Å². The van der Waals surface area contributed by atoms with Crippen LogP contribution in [0.3, 0.4) is 0 Å². The smallest absolute Gasteiger partial charge is 0.339 e. The highest BCUT2D eigenvalue weighted by molar-refractivity contribution is 8.18. The Kier molecular flexibility index (Phi) is 8.12. The summed E-state index contributed by atoms with van der Waals surface area (Å²) in [4.78, 5) is 40.3. The quantitative estimate of drug-likeness (QED) is 0.367. The van der Waals surface area contributed by atoms with E-state index in [1.165, 1.54) is 37.5 Å². The molecule has 2 fully saturated rings. The van der Waals surface area contributed by atoms with Crippen LogP contribution in [0.4, 0.5) is 4.79 Å². The summed E-state index contributed by atoms with van der Waals surface area (Å²) in [6, 6.07) is 8.92. The van der Waals surface area contributed by atoms with Gasteiger partial charge in [0.05, 0.1) is 30.3 Å². The number of carbonyl (C=O) groups excluding carboxylic acids is 3. The first-order valence-electron chi connectivity index (χ1n) is 11.1. The molecular weight excluding hydrogens is 544 g/mol. The predicted octanol–water partition coefficient (Wildman–Crippen LogP) is 3.32. The number of methoxy groups -OCH3 is 1. The van der Waals surface area contributed by atoms with Gasteiger partial charge >= 0.3 is 10.1 Å². The van der Waals surface area contributed by atoms with Crippen molar-refractivity contribution in [1.82, 2.24) is 9.80 Å². The summed E-state index contributed by atoms with van der Waals surface area (Å²) in [7, 11) is -2.89. The van der Waals surface area contributed by atoms with Gasteiger partial charge < -0.3 is 18.6 Å². The Morgan fingerprint density at radius 1 is 1.16 bits per heavy atom. The molecule has 0 unspecified atom stereocenters. The lowest BCUT2D eigenvalue weighted by atomic mass is 10.2. The number of ether oxygens (including phenoxy) is 2. The van der Waals surface area contributed by atoms with Crippen molar-refractivity contribution in [3.8, 4) is 11.5 Å². The van der Waals surface area contributed by atoms with E-state index in [1.54, 1.807) is 17.0 Å². The highest BCUT2D eigenvalue weighted by Crippen LogP contribution is 2.40. The molecule has 0 aromatic heterocycles. The molecule has 2 heterocycles. The van der Waals surface area contributed by atoms with Crippen molar-refractivity contribution in [2.75, 3.05) is 40.0 Å². The zero-order valence-electron chi connectivity index (χ0n) is 19.9. The zero-order chi connectivity index (χ0) is 26.7. The van der Waals surface area contributed by atoms with E-state index < -0.39 is 21.3 Å². The Bertz CT molecular complexity index is 1370. The molecule has 2 aliphatic rings. The Morgan fingerprint density at radius 2 is 1.84 bits per heavy atom. The highest BCUT2D eigenvalue weighted by atomic mass is 35.5. The number of halogens is 1. The fourth-order valence-corrected chi connectivity index (χ4v) is 5.70. The zero-order valence-corrected chi connectivity index (χ0v) is 22.3. The number of aryl methyl sites for hydroxylation is 1. The van der Waals surface area contributed by atoms with Crippen LogP contribution in [0.2, 0.25) is 5.02 Å². The van der Waals surface area contributed by atoms with Gasteiger partial charge in [-0.05, 0) is 54.6 Å². The molecule has 0 spiro atoms. The molecule has 2 aromatic carbocycles. The van der Waals surface area contributed by atoms with E-state index in [4.69, 9.17) is 25.3 Å². The second-order valence-electron chi connectivity index (χ2n) is 8.15. The summed E-state index contributed by atoms with van der Waals surface area (Å²) in [6.45, 7) is 3.07. The summed E-state index contributed by atoms with van der Waals surface area (Å²) in [5, 5.41) is -0.650. The van der Waals surface area contributed by atoms with Crippen molar-refractivity contribution < 1.29 is 36.5 Å². The van der Waals surface area contributed by atoms with Gasteiger partial charge in [0.15, 0.2) is 5.75 Å². The van der Waals surface area contributed by atoms with Gasteiger partial charge in [0.25, 0.3) is 11.1 Å². The number of thioether (sulfide) groups is 1. The van der Waals surface area contributed by atoms with Crippen LogP contribution < -0.4 is 8.92 Å². The van der Waals surface area contributed by atoms with Gasteiger partial charge in [0, 0.05) is 13.1 Å². The third-order valence-corrected chi connectivity index (χ3v) is 8.01. The van der Waals surface area contributed by atoms with Crippen LogP contribution in [0.15, 0.2) is 46.2 Å². The number of hydrogen-bond acceptors (Lipinski definition) is 9. The molecule has 2 aliphatic heterocycles. The average molecular weight is 567 g/mol. The summed E-state index contributed by atoms with van der Waals surface area (Å²) < 4.78 is 41.3. The first kappa shape index (κ1) is 27.0. The molecule has 10 nitrogen and oxygen atoms in total. The summed E-state index contributed by atoms with van der Waals surface area (Å²) in [5.74, 6) is -1.16. The summed E-state index contributed by atoms with van der Waals surface area (Å²) in [6.07, 6.45) is 1.41. The second kappa shape index (κ2) is 11.1. The van der Waals surface area contributed by atoms with Crippen LogP contribution in [0.1, 0.15) is 11.1 Å². The topological polar surface area (TPSA) is 120 Å². The van der Waals surface area contributed by atoms with E-state index in [9.17, 15) is 22.8 Å². The average Bonchev–Trinajstić information content (AvgIpc) is 3.13. The first-order chi connectivity index (χ1) is 17.6. The lowest BCUT2D eigenvalue weighted by Gasteiger charge is -2.28. The molecular formula is C24H23ClN2O8S2. The fraction of sp³-hybridized carbons (Fsp3) is 0.292. The van der Waals surface area contributed by atoms with E-state index in [-0.39, 0.29) is 38.8 Å². The molecule has 37 heavy (non-hydrogen) atoms. The molecule has 13 heteroatoms. The minimum Gasteiger partial charge on any atom is -0.493 e. The number of rotatable bonds is 7. The number of hydrogen-bond donors (Lipinski definition) is 0. The molecule has 0 N–H and O–H groups in total. The van der Waals surface area contributed by atoms with Crippen LogP contribution in [0.25, 0.3) is 6.08 Å². The van der Waals surface area contributed by atoms with Gasteiger partial charge in [-0.15, -0.1) is 0 Å². The number of amides is 3. The van der Waals surface area contributed by atoms with Gasteiger partial charge in [-0.3, -0.25) is 19.3 Å². The number of benzene rings is 2. The monoisotopic (exact) mass is 566 g/mol. The van der Waals surface area contributed by atoms with Crippen LogP contribution in [0.5, 0.6) is 11.5 Å². The van der Waals surface area contributed by atoms with Crippen molar-refractivity contribution in [3.63, 3.8) is 0 Å². The lowest BCUT2D eigenvalue weighted by Crippen LogP contribution is -2.46. The largest absolute Gasteiger partial charge is 0.493 e. The number of carbonyl (C=O) groups is 3. The number of imide groups is 1. The van der Waals surface area contributed by atoms with E-state index >= 15 is 0 Å². The molecule has 0 bridgehead atoms. The van der Waals surface area contributed by atoms with Crippen molar-refractivity contribution in [2.24, 2.45) is 0 Å². The summed E-state index contributed by atoms with van der Waals surface area (Å²) in [5.41, 5.74) is 1.25. The maximum atomic E-state index is 12.9. The molecule has 3 amide bonds.